The fourth-order valence-electron chi connectivity index (χ4n) is 1.49. The Morgan fingerprint density at radius 1 is 1.29 bits per heavy atom. The van der Waals surface area contributed by atoms with Gasteiger partial charge in [0.25, 0.3) is 5.69 Å². The second-order valence-electron chi connectivity index (χ2n) is 3.54. The van der Waals surface area contributed by atoms with Crippen LogP contribution in [0.3, 0.4) is 0 Å². The molecule has 88 valence electrons. The first-order valence-corrected chi connectivity index (χ1v) is 5.92. The lowest BCUT2D eigenvalue weighted by atomic mass is 10.1. The van der Waals surface area contributed by atoms with Crippen molar-refractivity contribution in [1.82, 2.24) is 4.57 Å². The van der Waals surface area contributed by atoms with E-state index >= 15 is 0 Å². The summed E-state index contributed by atoms with van der Waals surface area (Å²) in [6, 6.07) is 6.39. The van der Waals surface area contributed by atoms with E-state index < -0.39 is 4.92 Å². The van der Waals surface area contributed by atoms with Crippen molar-refractivity contribution in [2.24, 2.45) is 0 Å². The number of nitro benzene ring substituents is 1. The normalized spacial score (nSPS) is 10.4. The standard InChI is InChI=1S/C11H10N2O3S/c14-11-12(7-8-17-11)6-5-9-1-3-10(4-2-9)13(15)16/h1-4,7-8H,5-6H2. The molecule has 5 nitrogen and oxygen atoms in total. The molecular formula is C11H10N2O3S. The van der Waals surface area contributed by atoms with Crippen LogP contribution in [-0.4, -0.2) is 9.49 Å². The first kappa shape index (κ1) is 11.5. The molecule has 0 aliphatic carbocycles. The second kappa shape index (κ2) is 4.92. The highest BCUT2D eigenvalue weighted by molar-refractivity contribution is 7.07. The van der Waals surface area contributed by atoms with Gasteiger partial charge in [-0.2, -0.15) is 0 Å². The molecule has 0 unspecified atom stereocenters. The van der Waals surface area contributed by atoms with Crippen LogP contribution in [-0.2, 0) is 13.0 Å². The Morgan fingerprint density at radius 3 is 2.53 bits per heavy atom. The fourth-order valence-corrected chi connectivity index (χ4v) is 2.10. The maximum absolute atomic E-state index is 11.3. The quantitative estimate of drug-likeness (QED) is 0.616. The van der Waals surface area contributed by atoms with Crippen LogP contribution < -0.4 is 4.87 Å². The van der Waals surface area contributed by atoms with Crippen molar-refractivity contribution in [1.29, 1.82) is 0 Å². The van der Waals surface area contributed by atoms with Crippen molar-refractivity contribution in [3.05, 3.63) is 61.2 Å². The van der Waals surface area contributed by atoms with Gasteiger partial charge in [0, 0.05) is 30.3 Å². The van der Waals surface area contributed by atoms with Crippen molar-refractivity contribution >= 4 is 17.0 Å². The molecule has 0 radical (unpaired) electrons. The lowest BCUT2D eigenvalue weighted by Crippen LogP contribution is -2.13. The highest BCUT2D eigenvalue weighted by Crippen LogP contribution is 2.12. The van der Waals surface area contributed by atoms with Crippen LogP contribution in [0.2, 0.25) is 0 Å². The molecule has 1 heterocycles. The molecule has 2 rings (SSSR count). The summed E-state index contributed by atoms with van der Waals surface area (Å²) in [6.45, 7) is 0.597. The summed E-state index contributed by atoms with van der Waals surface area (Å²) in [5.74, 6) is 0. The number of nitrogens with zero attached hydrogens (tertiary/aromatic N) is 2. The minimum Gasteiger partial charge on any atom is -0.306 e. The number of hydrogen-bond acceptors (Lipinski definition) is 4. The maximum atomic E-state index is 11.3. The van der Waals surface area contributed by atoms with Gasteiger partial charge in [0.1, 0.15) is 0 Å². The Labute approximate surface area is 101 Å². The van der Waals surface area contributed by atoms with Crippen LogP contribution >= 0.6 is 11.3 Å². The zero-order valence-corrected chi connectivity index (χ0v) is 9.72. The monoisotopic (exact) mass is 250 g/mol. The largest absolute Gasteiger partial charge is 0.307 e. The van der Waals surface area contributed by atoms with Gasteiger partial charge in [0.2, 0.25) is 0 Å². The van der Waals surface area contributed by atoms with E-state index in [9.17, 15) is 14.9 Å². The van der Waals surface area contributed by atoms with E-state index in [0.29, 0.717) is 13.0 Å². The predicted octanol–water partition coefficient (Wildman–Crippen LogP) is 2.06. The molecule has 2 aromatic rings. The van der Waals surface area contributed by atoms with Crippen molar-refractivity contribution in [2.75, 3.05) is 0 Å². The van der Waals surface area contributed by atoms with Crippen molar-refractivity contribution in [2.45, 2.75) is 13.0 Å². The van der Waals surface area contributed by atoms with Crippen molar-refractivity contribution in [3.8, 4) is 0 Å². The van der Waals surface area contributed by atoms with Gasteiger partial charge in [-0.05, 0) is 12.0 Å². The van der Waals surface area contributed by atoms with Crippen LogP contribution in [0, 0.1) is 10.1 Å². The maximum Gasteiger partial charge on any atom is 0.307 e. The van der Waals surface area contributed by atoms with Gasteiger partial charge in [-0.25, -0.2) is 0 Å². The van der Waals surface area contributed by atoms with E-state index in [-0.39, 0.29) is 10.6 Å². The zero-order chi connectivity index (χ0) is 12.3. The highest BCUT2D eigenvalue weighted by Gasteiger charge is 2.04. The Bertz CT molecular complexity index is 571. The molecule has 0 aliphatic heterocycles. The molecule has 0 fully saturated rings. The third kappa shape index (κ3) is 2.79. The third-order valence-corrected chi connectivity index (χ3v) is 3.13. The van der Waals surface area contributed by atoms with Crippen LogP contribution in [0.15, 0.2) is 40.6 Å². The topological polar surface area (TPSA) is 65.1 Å². The van der Waals surface area contributed by atoms with E-state index in [2.05, 4.69) is 0 Å². The van der Waals surface area contributed by atoms with Gasteiger partial charge in [0.05, 0.1) is 4.92 Å². The van der Waals surface area contributed by atoms with Crippen molar-refractivity contribution < 1.29 is 4.92 Å². The van der Waals surface area contributed by atoms with Crippen LogP contribution in [0.25, 0.3) is 0 Å². The van der Waals surface area contributed by atoms with E-state index in [0.717, 1.165) is 16.9 Å². The molecular weight excluding hydrogens is 240 g/mol. The van der Waals surface area contributed by atoms with Gasteiger partial charge in [-0.3, -0.25) is 14.9 Å². The molecule has 0 aliphatic rings. The summed E-state index contributed by atoms with van der Waals surface area (Å²) in [7, 11) is 0. The summed E-state index contributed by atoms with van der Waals surface area (Å²) in [5, 5.41) is 12.2. The lowest BCUT2D eigenvalue weighted by Gasteiger charge is -2.01. The Kier molecular flexibility index (Phi) is 3.34. The van der Waals surface area contributed by atoms with Crippen LogP contribution in [0.4, 0.5) is 5.69 Å². The molecule has 1 aromatic carbocycles. The fraction of sp³-hybridized carbons (Fsp3) is 0.182. The van der Waals surface area contributed by atoms with Crippen LogP contribution in [0.1, 0.15) is 5.56 Å². The number of benzene rings is 1. The molecule has 0 saturated carbocycles. The summed E-state index contributed by atoms with van der Waals surface area (Å²) in [5.41, 5.74) is 1.06. The zero-order valence-electron chi connectivity index (χ0n) is 8.91. The minimum atomic E-state index is -0.423. The number of rotatable bonds is 4. The van der Waals surface area contributed by atoms with Crippen molar-refractivity contribution in [3.63, 3.8) is 0 Å². The van der Waals surface area contributed by atoms with E-state index in [1.165, 1.54) is 12.1 Å². The predicted molar refractivity (Wildman–Crippen MR) is 65.4 cm³/mol. The molecule has 0 atom stereocenters. The molecule has 0 spiro atoms. The Balaban J connectivity index is 2.03. The Morgan fingerprint density at radius 2 is 2.00 bits per heavy atom. The molecule has 1 aromatic heterocycles. The number of hydrogen-bond donors (Lipinski definition) is 0. The molecule has 0 N–H and O–H groups in total. The summed E-state index contributed by atoms with van der Waals surface area (Å²) >= 11 is 1.16. The lowest BCUT2D eigenvalue weighted by molar-refractivity contribution is -0.384. The number of thiazole rings is 1. The summed E-state index contributed by atoms with van der Waals surface area (Å²) in [4.78, 5) is 21.3. The molecule has 0 amide bonds. The number of aryl methyl sites for hydroxylation is 2. The number of nitro groups is 1. The Hall–Kier alpha value is -1.95. The van der Waals surface area contributed by atoms with E-state index in [4.69, 9.17) is 0 Å². The smallest absolute Gasteiger partial charge is 0.306 e. The molecule has 0 bridgehead atoms. The van der Waals surface area contributed by atoms with Gasteiger partial charge in [-0.1, -0.05) is 23.5 Å². The average molecular weight is 250 g/mol. The first-order chi connectivity index (χ1) is 8.16. The van der Waals surface area contributed by atoms with Gasteiger partial charge in [-0.15, -0.1) is 0 Å². The second-order valence-corrected chi connectivity index (χ2v) is 4.39. The van der Waals surface area contributed by atoms with Gasteiger partial charge >= 0.3 is 4.87 Å². The number of aromatic nitrogens is 1. The summed E-state index contributed by atoms with van der Waals surface area (Å²) < 4.78 is 1.63. The SMILES string of the molecule is O=c1sccn1CCc1ccc([N+](=O)[O-])cc1. The van der Waals surface area contributed by atoms with E-state index in [1.807, 2.05) is 0 Å². The molecule has 6 heteroatoms. The third-order valence-electron chi connectivity index (χ3n) is 2.43. The molecule has 0 saturated heterocycles. The average Bonchev–Trinajstić information content (AvgIpc) is 2.73. The first-order valence-electron chi connectivity index (χ1n) is 5.04. The van der Waals surface area contributed by atoms with Gasteiger partial charge in [0.15, 0.2) is 0 Å². The number of non-ortho nitro benzene ring substituents is 1. The molecule has 17 heavy (non-hydrogen) atoms. The minimum absolute atomic E-state index is 0.0203. The van der Waals surface area contributed by atoms with Gasteiger partial charge < -0.3 is 4.57 Å². The summed E-state index contributed by atoms with van der Waals surface area (Å²) in [6.07, 6.45) is 2.44. The highest BCUT2D eigenvalue weighted by atomic mass is 32.1. The van der Waals surface area contributed by atoms with Crippen LogP contribution in [0.5, 0.6) is 0 Å². The van der Waals surface area contributed by atoms with E-state index in [1.54, 1.807) is 28.3 Å².